The molecule has 7 nitrogen and oxygen atoms in total. The fraction of sp³-hybridized carbons (Fsp3) is 0.455. The van der Waals surface area contributed by atoms with Gasteiger partial charge >= 0.3 is 10.3 Å². The molecule has 1 aromatic carbocycles. The molecule has 0 spiro atoms. The maximum atomic E-state index is 12.3. The van der Waals surface area contributed by atoms with E-state index in [2.05, 4.69) is 0 Å². The first kappa shape index (κ1) is 15.2. The molecule has 2 N–H and O–H groups in total. The number of nitrogens with zero attached hydrogens (tertiary/aromatic N) is 1. The molecule has 1 aliphatic rings. The molecule has 0 radical (unpaired) electrons. The van der Waals surface area contributed by atoms with Gasteiger partial charge in [0.1, 0.15) is 0 Å². The van der Waals surface area contributed by atoms with Crippen LogP contribution >= 0.6 is 0 Å². The fourth-order valence-corrected chi connectivity index (χ4v) is 4.05. The quantitative estimate of drug-likeness (QED) is 0.808. The normalized spacial score (nSPS) is 17.9. The summed E-state index contributed by atoms with van der Waals surface area (Å²) in [4.78, 5) is 0.111. The predicted octanol–water partition coefficient (Wildman–Crippen LogP) is 1.08. The summed E-state index contributed by atoms with van der Waals surface area (Å²) in [6.45, 7) is 1.01. The summed E-state index contributed by atoms with van der Waals surface area (Å²) in [5.41, 5.74) is 0.102. The van der Waals surface area contributed by atoms with Crippen LogP contribution in [0.15, 0.2) is 29.2 Å². The van der Waals surface area contributed by atoms with Crippen molar-refractivity contribution in [2.45, 2.75) is 24.2 Å². The summed E-state index contributed by atoms with van der Waals surface area (Å²) >= 11 is 0. The van der Waals surface area contributed by atoms with E-state index in [1.807, 2.05) is 4.72 Å². The molecule has 0 unspecified atom stereocenters. The summed E-state index contributed by atoms with van der Waals surface area (Å²) in [6, 6.07) is 5.23. The molecule has 0 atom stereocenters. The van der Waals surface area contributed by atoms with Crippen LogP contribution in [0.4, 0.5) is 5.69 Å². The van der Waals surface area contributed by atoms with Crippen LogP contribution < -0.4 is 4.72 Å². The minimum Gasteiger partial charge on any atom is -0.269 e. The largest absolute Gasteiger partial charge is 0.357 e. The van der Waals surface area contributed by atoms with Crippen molar-refractivity contribution in [1.29, 1.82) is 0 Å². The van der Waals surface area contributed by atoms with Crippen molar-refractivity contribution in [3.8, 4) is 0 Å². The van der Waals surface area contributed by atoms with E-state index < -0.39 is 20.3 Å². The van der Waals surface area contributed by atoms with Gasteiger partial charge in [0.25, 0.3) is 0 Å². The molecule has 0 saturated carbocycles. The molecule has 0 amide bonds. The number of nitrogens with one attached hydrogen (secondary N) is 1. The van der Waals surface area contributed by atoms with Crippen molar-refractivity contribution in [2.75, 3.05) is 17.8 Å². The van der Waals surface area contributed by atoms with Gasteiger partial charge in [-0.15, -0.1) is 0 Å². The Morgan fingerprint density at radius 2 is 1.50 bits per heavy atom. The molecule has 0 bridgehead atoms. The molecule has 1 saturated heterocycles. The second-order valence-electron chi connectivity index (χ2n) is 4.57. The van der Waals surface area contributed by atoms with Crippen molar-refractivity contribution in [3.05, 3.63) is 24.3 Å². The second-order valence-corrected chi connectivity index (χ2v) is 7.66. The third-order valence-corrected chi connectivity index (χ3v) is 5.46. The van der Waals surface area contributed by atoms with Gasteiger partial charge in [-0.1, -0.05) is 6.42 Å². The van der Waals surface area contributed by atoms with E-state index in [0.29, 0.717) is 13.1 Å². The first-order valence-corrected chi connectivity index (χ1v) is 9.02. The Balaban J connectivity index is 2.20. The summed E-state index contributed by atoms with van der Waals surface area (Å²) < 4.78 is 57.9. The highest BCUT2D eigenvalue weighted by Crippen LogP contribution is 2.22. The molecular formula is C11H16N2O5S2. The lowest BCUT2D eigenvalue weighted by atomic mass is 10.2. The highest BCUT2D eigenvalue weighted by atomic mass is 32.2. The molecule has 0 aromatic heterocycles. The van der Waals surface area contributed by atoms with Crippen molar-refractivity contribution in [2.24, 2.45) is 0 Å². The second kappa shape index (κ2) is 5.68. The van der Waals surface area contributed by atoms with E-state index in [1.54, 1.807) is 0 Å². The first-order chi connectivity index (χ1) is 9.29. The maximum absolute atomic E-state index is 12.3. The van der Waals surface area contributed by atoms with Crippen LogP contribution in [0.1, 0.15) is 19.3 Å². The van der Waals surface area contributed by atoms with Gasteiger partial charge in [0.05, 0.1) is 10.6 Å². The zero-order chi connectivity index (χ0) is 14.8. The average molecular weight is 320 g/mol. The van der Waals surface area contributed by atoms with Crippen molar-refractivity contribution in [3.63, 3.8) is 0 Å². The van der Waals surface area contributed by atoms with Gasteiger partial charge in [-0.25, -0.2) is 8.42 Å². The highest BCUT2D eigenvalue weighted by molar-refractivity contribution is 7.89. The van der Waals surface area contributed by atoms with Crippen molar-refractivity contribution >= 4 is 26.0 Å². The fourth-order valence-electron chi connectivity index (χ4n) is 2.10. The van der Waals surface area contributed by atoms with Crippen molar-refractivity contribution < 1.29 is 21.4 Å². The number of rotatable bonds is 4. The van der Waals surface area contributed by atoms with Crippen LogP contribution in [0.3, 0.4) is 0 Å². The van der Waals surface area contributed by atoms with E-state index in [4.69, 9.17) is 4.55 Å². The smallest absolute Gasteiger partial charge is 0.269 e. The standard InChI is InChI=1S/C11H16N2O5S2/c14-19(15,13-8-2-1-3-9-13)11-6-4-10(5-7-11)12-20(16,17)18/h4-7,12H,1-3,8-9H2,(H,16,17,18). The van der Waals surface area contributed by atoms with E-state index in [0.717, 1.165) is 19.3 Å². The molecule has 112 valence electrons. The summed E-state index contributed by atoms with van der Waals surface area (Å²) in [5.74, 6) is 0. The Labute approximate surface area is 118 Å². The molecule has 1 aliphatic heterocycles. The molecular weight excluding hydrogens is 304 g/mol. The summed E-state index contributed by atoms with van der Waals surface area (Å²) in [7, 11) is -7.88. The van der Waals surface area contributed by atoms with E-state index >= 15 is 0 Å². The van der Waals surface area contributed by atoms with E-state index in [1.165, 1.54) is 28.6 Å². The van der Waals surface area contributed by atoms with Gasteiger partial charge in [0, 0.05) is 13.1 Å². The average Bonchev–Trinajstić information content (AvgIpc) is 2.38. The minimum atomic E-state index is -4.36. The number of anilines is 1. The number of benzene rings is 1. The van der Waals surface area contributed by atoms with Crippen LogP contribution in [0.2, 0.25) is 0 Å². The van der Waals surface area contributed by atoms with Crippen LogP contribution in [0, 0.1) is 0 Å². The van der Waals surface area contributed by atoms with Gasteiger partial charge in [0.2, 0.25) is 10.0 Å². The number of sulfonamides is 1. The Hall–Kier alpha value is -1.16. The van der Waals surface area contributed by atoms with E-state index in [-0.39, 0.29) is 10.6 Å². The summed E-state index contributed by atoms with van der Waals surface area (Å²) in [5, 5.41) is 0. The number of hydrogen-bond acceptors (Lipinski definition) is 4. The predicted molar refractivity (Wildman–Crippen MR) is 74.2 cm³/mol. The van der Waals surface area contributed by atoms with Crippen LogP contribution in [-0.2, 0) is 20.3 Å². The Morgan fingerprint density at radius 3 is 2.00 bits per heavy atom. The van der Waals surface area contributed by atoms with Crippen LogP contribution in [-0.4, -0.2) is 38.8 Å². The topological polar surface area (TPSA) is 104 Å². The lowest BCUT2D eigenvalue weighted by Gasteiger charge is -2.25. The monoisotopic (exact) mass is 320 g/mol. The lowest BCUT2D eigenvalue weighted by molar-refractivity contribution is 0.346. The molecule has 20 heavy (non-hydrogen) atoms. The Kier molecular flexibility index (Phi) is 4.33. The summed E-state index contributed by atoms with van der Waals surface area (Å²) in [6.07, 6.45) is 2.73. The molecule has 1 aromatic rings. The SMILES string of the molecule is O=S(=O)(O)Nc1ccc(S(=O)(=O)N2CCCCC2)cc1. The minimum absolute atomic E-state index is 0.102. The van der Waals surface area contributed by atoms with Crippen LogP contribution in [0.25, 0.3) is 0 Å². The molecule has 2 rings (SSSR count). The number of hydrogen-bond donors (Lipinski definition) is 2. The van der Waals surface area contributed by atoms with Crippen LogP contribution in [0.5, 0.6) is 0 Å². The lowest BCUT2D eigenvalue weighted by Crippen LogP contribution is -2.35. The van der Waals surface area contributed by atoms with Gasteiger partial charge in [-0.2, -0.15) is 12.7 Å². The third-order valence-electron chi connectivity index (χ3n) is 3.05. The van der Waals surface area contributed by atoms with Crippen molar-refractivity contribution in [1.82, 2.24) is 4.31 Å². The Morgan fingerprint density at radius 1 is 0.950 bits per heavy atom. The van der Waals surface area contributed by atoms with Gasteiger partial charge in [-0.05, 0) is 37.1 Å². The molecule has 1 heterocycles. The first-order valence-electron chi connectivity index (χ1n) is 6.14. The number of piperidine rings is 1. The molecule has 0 aliphatic carbocycles. The van der Waals surface area contributed by atoms with Gasteiger partial charge in [0.15, 0.2) is 0 Å². The van der Waals surface area contributed by atoms with Gasteiger partial charge < -0.3 is 0 Å². The molecule has 1 fully saturated rings. The maximum Gasteiger partial charge on any atom is 0.357 e. The third kappa shape index (κ3) is 3.69. The Bertz CT molecular complexity index is 661. The zero-order valence-electron chi connectivity index (χ0n) is 10.7. The zero-order valence-corrected chi connectivity index (χ0v) is 12.3. The van der Waals surface area contributed by atoms with Gasteiger partial charge in [-0.3, -0.25) is 9.27 Å². The van der Waals surface area contributed by atoms with E-state index in [9.17, 15) is 16.8 Å². The molecule has 9 heteroatoms. The highest BCUT2D eigenvalue weighted by Gasteiger charge is 2.25.